The molecule has 0 aliphatic heterocycles. The number of nitrogens with two attached hydrogens (primary N) is 1. The monoisotopic (exact) mass is 287 g/mol. The van der Waals surface area contributed by atoms with E-state index < -0.39 is 0 Å². The Morgan fingerprint density at radius 1 is 1.33 bits per heavy atom. The van der Waals surface area contributed by atoms with E-state index in [0.29, 0.717) is 0 Å². The van der Waals surface area contributed by atoms with Gasteiger partial charge in [0.05, 0.1) is 12.1 Å². The minimum absolute atomic E-state index is 0.00818. The number of hydrogen-bond donors (Lipinski definition) is 1. The Morgan fingerprint density at radius 3 is 2.71 bits per heavy atom. The lowest BCUT2D eigenvalue weighted by atomic mass is 9.64. The van der Waals surface area contributed by atoms with Crippen LogP contribution in [0.5, 0.6) is 0 Å². The molecule has 1 fully saturated rings. The highest BCUT2D eigenvalue weighted by Crippen LogP contribution is 2.51. The number of methoxy groups -OCH3 is 1. The van der Waals surface area contributed by atoms with E-state index in [0.717, 1.165) is 29.1 Å². The summed E-state index contributed by atoms with van der Waals surface area (Å²) in [4.78, 5) is 0. The number of rotatable bonds is 3. The van der Waals surface area contributed by atoms with Crippen LogP contribution in [0.2, 0.25) is 0 Å². The van der Waals surface area contributed by atoms with Crippen LogP contribution in [-0.4, -0.2) is 33.4 Å². The number of ether oxygens (including phenoxy) is 1. The van der Waals surface area contributed by atoms with Crippen molar-refractivity contribution in [3.63, 3.8) is 0 Å². The van der Waals surface area contributed by atoms with Gasteiger partial charge in [-0.25, -0.2) is 4.68 Å². The van der Waals surface area contributed by atoms with Crippen LogP contribution in [0.4, 0.5) is 5.69 Å². The molecule has 2 N–H and O–H groups in total. The summed E-state index contributed by atoms with van der Waals surface area (Å²) in [5, 5.41) is 12.2. The number of aromatic nitrogens is 4. The molecular weight excluding hydrogens is 266 g/mol. The fraction of sp³-hybridized carbons (Fsp3) is 0.533. The summed E-state index contributed by atoms with van der Waals surface area (Å²) in [6.45, 7) is 6.39. The van der Waals surface area contributed by atoms with Crippen molar-refractivity contribution in [2.45, 2.75) is 39.3 Å². The van der Waals surface area contributed by atoms with Gasteiger partial charge in [-0.05, 0) is 47.5 Å². The quantitative estimate of drug-likeness (QED) is 0.876. The van der Waals surface area contributed by atoms with Crippen molar-refractivity contribution in [3.05, 3.63) is 23.8 Å². The molecule has 1 saturated carbocycles. The molecule has 2 unspecified atom stereocenters. The van der Waals surface area contributed by atoms with Gasteiger partial charge in [0.15, 0.2) is 5.82 Å². The van der Waals surface area contributed by atoms with E-state index in [2.05, 4.69) is 35.4 Å². The summed E-state index contributed by atoms with van der Waals surface area (Å²) in [7, 11) is 1.75. The van der Waals surface area contributed by atoms with Gasteiger partial charge in [0, 0.05) is 23.8 Å². The Hall–Kier alpha value is -1.95. The van der Waals surface area contributed by atoms with E-state index in [4.69, 9.17) is 10.5 Å². The van der Waals surface area contributed by atoms with E-state index in [1.165, 1.54) is 0 Å². The van der Waals surface area contributed by atoms with Crippen molar-refractivity contribution in [3.8, 4) is 11.4 Å². The highest BCUT2D eigenvalue weighted by Gasteiger charge is 2.51. The predicted octanol–water partition coefficient (Wildman–Crippen LogP) is 2.22. The molecule has 6 heteroatoms. The fourth-order valence-electron chi connectivity index (χ4n) is 3.21. The van der Waals surface area contributed by atoms with Crippen LogP contribution >= 0.6 is 0 Å². The first kappa shape index (κ1) is 14.0. The highest BCUT2D eigenvalue weighted by molar-refractivity contribution is 5.62. The minimum atomic E-state index is 0.00818. The molecule has 6 nitrogen and oxygen atoms in total. The number of nitrogen functional groups attached to an aromatic ring is 1. The van der Waals surface area contributed by atoms with Crippen molar-refractivity contribution in [2.75, 3.05) is 12.8 Å². The Morgan fingerprint density at radius 2 is 2.10 bits per heavy atom. The second kappa shape index (κ2) is 4.80. The van der Waals surface area contributed by atoms with Crippen molar-refractivity contribution in [1.29, 1.82) is 0 Å². The van der Waals surface area contributed by atoms with Crippen LogP contribution in [0, 0.1) is 12.3 Å². The smallest absolute Gasteiger partial charge is 0.182 e. The summed E-state index contributed by atoms with van der Waals surface area (Å²) in [6, 6.07) is 6.13. The maximum Gasteiger partial charge on any atom is 0.182 e. The van der Waals surface area contributed by atoms with Gasteiger partial charge in [-0.15, -0.1) is 5.10 Å². The zero-order valence-electron chi connectivity index (χ0n) is 12.9. The topological polar surface area (TPSA) is 78.8 Å². The SMILES string of the molecule is COC1CC(n2nnnc2-c2cc(C)cc(N)c2)C1(C)C. The first-order valence-corrected chi connectivity index (χ1v) is 7.11. The molecule has 0 amide bonds. The highest BCUT2D eigenvalue weighted by atomic mass is 16.5. The molecular formula is C15H21N5O. The van der Waals surface area contributed by atoms with Crippen molar-refractivity contribution < 1.29 is 4.74 Å². The van der Waals surface area contributed by atoms with Crippen LogP contribution in [0.25, 0.3) is 11.4 Å². The largest absolute Gasteiger partial charge is 0.399 e. The maximum absolute atomic E-state index is 5.94. The zero-order chi connectivity index (χ0) is 15.2. The normalized spacial score (nSPS) is 23.8. The van der Waals surface area contributed by atoms with E-state index in [1.807, 2.05) is 23.7 Å². The van der Waals surface area contributed by atoms with Gasteiger partial charge < -0.3 is 10.5 Å². The third-order valence-electron chi connectivity index (χ3n) is 4.56. The lowest BCUT2D eigenvalue weighted by Gasteiger charge is -2.50. The number of anilines is 1. The van der Waals surface area contributed by atoms with Crippen LogP contribution in [0.15, 0.2) is 18.2 Å². The first-order valence-electron chi connectivity index (χ1n) is 7.11. The second-order valence-electron chi connectivity index (χ2n) is 6.38. The summed E-state index contributed by atoms with van der Waals surface area (Å²) in [5.41, 5.74) is 8.72. The molecule has 0 saturated heterocycles. The van der Waals surface area contributed by atoms with Gasteiger partial charge in [0.2, 0.25) is 0 Å². The summed E-state index contributed by atoms with van der Waals surface area (Å²) < 4.78 is 7.42. The van der Waals surface area contributed by atoms with Crippen LogP contribution in [0.3, 0.4) is 0 Å². The molecule has 1 aliphatic carbocycles. The van der Waals surface area contributed by atoms with Gasteiger partial charge in [-0.2, -0.15) is 0 Å². The summed E-state index contributed by atoms with van der Waals surface area (Å²) >= 11 is 0. The summed E-state index contributed by atoms with van der Waals surface area (Å²) in [6.07, 6.45) is 1.16. The number of tetrazole rings is 1. The molecule has 0 bridgehead atoms. The summed E-state index contributed by atoms with van der Waals surface area (Å²) in [5.74, 6) is 0.762. The predicted molar refractivity (Wildman–Crippen MR) is 80.6 cm³/mol. The van der Waals surface area contributed by atoms with Gasteiger partial charge in [-0.3, -0.25) is 0 Å². The van der Waals surface area contributed by atoms with Crippen molar-refractivity contribution in [2.24, 2.45) is 5.41 Å². The maximum atomic E-state index is 5.94. The van der Waals surface area contributed by atoms with Crippen LogP contribution in [-0.2, 0) is 4.74 Å². The number of benzene rings is 1. The average molecular weight is 287 g/mol. The average Bonchev–Trinajstić information content (AvgIpc) is 2.85. The van der Waals surface area contributed by atoms with E-state index in [1.54, 1.807) is 7.11 Å². The molecule has 1 aromatic carbocycles. The van der Waals surface area contributed by atoms with Crippen molar-refractivity contribution >= 4 is 5.69 Å². The van der Waals surface area contributed by atoms with Crippen molar-refractivity contribution in [1.82, 2.24) is 20.2 Å². The molecule has 1 aliphatic rings. The Balaban J connectivity index is 1.99. The Bertz CT molecular complexity index is 644. The number of aryl methyl sites for hydroxylation is 1. The lowest BCUT2D eigenvalue weighted by molar-refractivity contribution is -0.116. The third-order valence-corrected chi connectivity index (χ3v) is 4.56. The zero-order valence-corrected chi connectivity index (χ0v) is 12.9. The lowest BCUT2D eigenvalue weighted by Crippen LogP contribution is -2.51. The molecule has 0 spiro atoms. The Kier molecular flexibility index (Phi) is 3.20. The van der Waals surface area contributed by atoms with Gasteiger partial charge in [0.25, 0.3) is 0 Å². The molecule has 21 heavy (non-hydrogen) atoms. The molecule has 0 radical (unpaired) electrons. The minimum Gasteiger partial charge on any atom is -0.399 e. The number of nitrogens with zero attached hydrogens (tertiary/aromatic N) is 4. The first-order chi connectivity index (χ1) is 9.93. The second-order valence-corrected chi connectivity index (χ2v) is 6.38. The third kappa shape index (κ3) is 2.19. The Labute approximate surface area is 124 Å². The molecule has 2 aromatic rings. The fourth-order valence-corrected chi connectivity index (χ4v) is 3.21. The molecule has 1 aromatic heterocycles. The molecule has 112 valence electrons. The standard InChI is InChI=1S/C15H21N5O/c1-9-5-10(7-11(16)6-9)14-17-18-19-20(14)12-8-13(21-4)15(12,2)3/h5-7,12-13H,8,16H2,1-4H3. The molecule has 2 atom stereocenters. The van der Waals surface area contributed by atoms with E-state index in [9.17, 15) is 0 Å². The van der Waals surface area contributed by atoms with Gasteiger partial charge in [-0.1, -0.05) is 13.8 Å². The molecule has 1 heterocycles. The van der Waals surface area contributed by atoms with E-state index in [-0.39, 0.29) is 17.6 Å². The number of hydrogen-bond acceptors (Lipinski definition) is 5. The van der Waals surface area contributed by atoms with Crippen LogP contribution in [0.1, 0.15) is 31.9 Å². The van der Waals surface area contributed by atoms with Gasteiger partial charge in [0.1, 0.15) is 0 Å². The van der Waals surface area contributed by atoms with Gasteiger partial charge >= 0.3 is 0 Å². The van der Waals surface area contributed by atoms with Crippen LogP contribution < -0.4 is 5.73 Å². The van der Waals surface area contributed by atoms with E-state index >= 15 is 0 Å². The molecule has 3 rings (SSSR count).